The Morgan fingerprint density at radius 1 is 1.26 bits per heavy atom. The standard InChI is InChI=1S/C25H24ClN5O3/c1-4-18(32)11-15-12-19(34-3)7-8-21(15)29-24-20(26)14-27-25(30-24)28-17-6-9-22-16(10-17)13-23(33)31(22)5-2/h4,6-10,12,14H,1,5,11,13H2,2-3H3,(H2,27,28,29,30). The lowest BCUT2D eigenvalue weighted by atomic mass is 10.1. The molecule has 174 valence electrons. The third-order valence-corrected chi connectivity index (χ3v) is 5.76. The van der Waals surface area contributed by atoms with Crippen LogP contribution in [0.5, 0.6) is 5.75 Å². The van der Waals surface area contributed by atoms with Gasteiger partial charge in [0.25, 0.3) is 0 Å². The second-order valence-electron chi connectivity index (χ2n) is 7.67. The molecule has 2 N–H and O–H groups in total. The Labute approximate surface area is 202 Å². The van der Waals surface area contributed by atoms with E-state index >= 15 is 0 Å². The largest absolute Gasteiger partial charge is 0.497 e. The lowest BCUT2D eigenvalue weighted by molar-refractivity contribution is -0.117. The predicted molar refractivity (Wildman–Crippen MR) is 134 cm³/mol. The van der Waals surface area contributed by atoms with Crippen LogP contribution in [0, 0.1) is 0 Å². The fourth-order valence-electron chi connectivity index (χ4n) is 3.80. The molecule has 34 heavy (non-hydrogen) atoms. The molecule has 1 amide bonds. The van der Waals surface area contributed by atoms with Crippen molar-refractivity contribution in [1.82, 2.24) is 9.97 Å². The van der Waals surface area contributed by atoms with Gasteiger partial charge in [0.15, 0.2) is 11.6 Å². The van der Waals surface area contributed by atoms with Gasteiger partial charge in [-0.1, -0.05) is 18.2 Å². The second kappa shape index (κ2) is 9.93. The highest BCUT2D eigenvalue weighted by molar-refractivity contribution is 6.33. The van der Waals surface area contributed by atoms with E-state index in [0.717, 1.165) is 22.5 Å². The Balaban J connectivity index is 1.58. The molecule has 0 radical (unpaired) electrons. The molecule has 0 atom stereocenters. The van der Waals surface area contributed by atoms with Crippen molar-refractivity contribution in [1.29, 1.82) is 0 Å². The number of ether oxygens (including phenoxy) is 1. The van der Waals surface area contributed by atoms with Crippen molar-refractivity contribution in [2.24, 2.45) is 0 Å². The number of hydrogen-bond donors (Lipinski definition) is 2. The van der Waals surface area contributed by atoms with Crippen LogP contribution in [-0.4, -0.2) is 35.3 Å². The summed E-state index contributed by atoms with van der Waals surface area (Å²) in [5.74, 6) is 1.31. The number of anilines is 5. The molecule has 9 heteroatoms. The van der Waals surface area contributed by atoms with Gasteiger partial charge < -0.3 is 20.3 Å². The van der Waals surface area contributed by atoms with E-state index in [1.807, 2.05) is 25.1 Å². The molecule has 1 aliphatic heterocycles. The topological polar surface area (TPSA) is 96.4 Å². The van der Waals surface area contributed by atoms with E-state index < -0.39 is 0 Å². The number of nitrogens with zero attached hydrogens (tertiary/aromatic N) is 3. The molecule has 0 bridgehead atoms. The first-order valence-corrected chi connectivity index (χ1v) is 11.1. The van der Waals surface area contributed by atoms with E-state index in [-0.39, 0.29) is 18.1 Å². The Morgan fingerprint density at radius 3 is 2.82 bits per heavy atom. The minimum atomic E-state index is -0.121. The summed E-state index contributed by atoms with van der Waals surface area (Å²) in [6.45, 7) is 6.13. The third kappa shape index (κ3) is 4.87. The van der Waals surface area contributed by atoms with Gasteiger partial charge in [-0.25, -0.2) is 4.98 Å². The molecule has 3 aromatic rings. The lowest BCUT2D eigenvalue weighted by Gasteiger charge is -2.15. The van der Waals surface area contributed by atoms with Crippen molar-refractivity contribution < 1.29 is 14.3 Å². The molecule has 0 spiro atoms. The maximum absolute atomic E-state index is 12.2. The number of benzene rings is 2. The Morgan fingerprint density at radius 2 is 2.09 bits per heavy atom. The Kier molecular flexibility index (Phi) is 6.79. The van der Waals surface area contributed by atoms with Gasteiger partial charge in [0.1, 0.15) is 10.8 Å². The summed E-state index contributed by atoms with van der Waals surface area (Å²) >= 11 is 6.35. The summed E-state index contributed by atoms with van der Waals surface area (Å²) in [5.41, 5.74) is 4.03. The van der Waals surface area contributed by atoms with E-state index in [4.69, 9.17) is 16.3 Å². The molecule has 1 aromatic heterocycles. The van der Waals surface area contributed by atoms with Gasteiger partial charge in [0.05, 0.1) is 19.7 Å². The fraction of sp³-hybridized carbons (Fsp3) is 0.200. The van der Waals surface area contributed by atoms with Crippen molar-refractivity contribution in [3.63, 3.8) is 0 Å². The van der Waals surface area contributed by atoms with E-state index in [1.54, 1.807) is 30.2 Å². The molecule has 0 fully saturated rings. The minimum Gasteiger partial charge on any atom is -0.497 e. The van der Waals surface area contributed by atoms with E-state index in [1.165, 1.54) is 12.3 Å². The molecule has 2 aromatic carbocycles. The van der Waals surface area contributed by atoms with Gasteiger partial charge in [0.2, 0.25) is 11.9 Å². The number of methoxy groups -OCH3 is 1. The van der Waals surface area contributed by atoms with Crippen molar-refractivity contribution >= 4 is 52.1 Å². The summed E-state index contributed by atoms with van der Waals surface area (Å²) in [4.78, 5) is 34.7. The maximum atomic E-state index is 12.2. The van der Waals surface area contributed by atoms with Gasteiger partial charge in [0, 0.05) is 30.0 Å². The van der Waals surface area contributed by atoms with Crippen LogP contribution in [0.3, 0.4) is 0 Å². The van der Waals surface area contributed by atoms with Gasteiger partial charge in [-0.3, -0.25) is 9.59 Å². The van der Waals surface area contributed by atoms with Crippen LogP contribution < -0.4 is 20.3 Å². The first-order valence-electron chi connectivity index (χ1n) is 10.7. The average molecular weight is 478 g/mol. The zero-order valence-electron chi connectivity index (χ0n) is 18.9. The molecule has 4 rings (SSSR count). The second-order valence-corrected chi connectivity index (χ2v) is 8.08. The molecule has 1 aliphatic rings. The van der Waals surface area contributed by atoms with Crippen LogP contribution in [0.15, 0.2) is 55.3 Å². The Bertz CT molecular complexity index is 1280. The zero-order chi connectivity index (χ0) is 24.2. The molecule has 0 saturated heterocycles. The number of allylic oxidation sites excluding steroid dienone is 1. The lowest BCUT2D eigenvalue weighted by Crippen LogP contribution is -2.25. The SMILES string of the molecule is C=CC(=O)Cc1cc(OC)ccc1Nc1nc(Nc2ccc3c(c2)CC(=O)N3CC)ncc1Cl. The van der Waals surface area contributed by atoms with E-state index in [0.29, 0.717) is 41.2 Å². The quantitative estimate of drug-likeness (QED) is 0.426. The van der Waals surface area contributed by atoms with Crippen LogP contribution in [0.2, 0.25) is 5.02 Å². The molecule has 2 heterocycles. The summed E-state index contributed by atoms with van der Waals surface area (Å²) in [6.07, 6.45) is 3.30. The van der Waals surface area contributed by atoms with E-state index in [2.05, 4.69) is 27.2 Å². The number of rotatable bonds is 9. The molecular weight excluding hydrogens is 454 g/mol. The van der Waals surface area contributed by atoms with Crippen LogP contribution >= 0.6 is 11.6 Å². The van der Waals surface area contributed by atoms with Gasteiger partial charge in [-0.05, 0) is 60.5 Å². The van der Waals surface area contributed by atoms with Crippen LogP contribution in [0.25, 0.3) is 0 Å². The van der Waals surface area contributed by atoms with Crippen molar-refractivity contribution in [2.45, 2.75) is 19.8 Å². The number of ketones is 1. The number of nitrogens with one attached hydrogen (secondary N) is 2. The Hall–Kier alpha value is -3.91. The normalized spacial score (nSPS) is 12.3. The predicted octanol–water partition coefficient (Wildman–Crippen LogP) is 4.83. The summed E-state index contributed by atoms with van der Waals surface area (Å²) in [5, 5.41) is 6.68. The average Bonchev–Trinajstić information content (AvgIpc) is 3.16. The first kappa shape index (κ1) is 23.3. The van der Waals surface area contributed by atoms with Crippen molar-refractivity contribution in [2.75, 3.05) is 29.2 Å². The molecule has 0 aliphatic carbocycles. The minimum absolute atomic E-state index is 0.0918. The maximum Gasteiger partial charge on any atom is 0.231 e. The van der Waals surface area contributed by atoms with Crippen molar-refractivity contribution in [3.8, 4) is 5.75 Å². The highest BCUT2D eigenvalue weighted by Gasteiger charge is 2.26. The zero-order valence-corrected chi connectivity index (χ0v) is 19.6. The van der Waals surface area contributed by atoms with Crippen LogP contribution in [-0.2, 0) is 22.4 Å². The number of hydrogen-bond acceptors (Lipinski definition) is 7. The summed E-state index contributed by atoms with van der Waals surface area (Å²) in [7, 11) is 1.56. The third-order valence-electron chi connectivity index (χ3n) is 5.49. The van der Waals surface area contributed by atoms with Gasteiger partial charge in [-0.2, -0.15) is 4.98 Å². The highest BCUT2D eigenvalue weighted by atomic mass is 35.5. The summed E-state index contributed by atoms with van der Waals surface area (Å²) < 4.78 is 5.29. The summed E-state index contributed by atoms with van der Waals surface area (Å²) in [6, 6.07) is 11.1. The molecule has 8 nitrogen and oxygen atoms in total. The molecule has 0 unspecified atom stereocenters. The smallest absolute Gasteiger partial charge is 0.231 e. The molecule has 0 saturated carbocycles. The number of amides is 1. The fourth-order valence-corrected chi connectivity index (χ4v) is 3.94. The number of likely N-dealkylation sites (N-methyl/N-ethyl adjacent to an activating group) is 1. The number of carbonyl (C=O) groups is 2. The monoisotopic (exact) mass is 477 g/mol. The highest BCUT2D eigenvalue weighted by Crippen LogP contribution is 2.33. The number of fused-ring (bicyclic) bond motifs is 1. The van der Waals surface area contributed by atoms with Gasteiger partial charge in [-0.15, -0.1) is 0 Å². The van der Waals surface area contributed by atoms with Crippen LogP contribution in [0.1, 0.15) is 18.1 Å². The van der Waals surface area contributed by atoms with Crippen LogP contribution in [0.4, 0.5) is 28.8 Å². The number of carbonyl (C=O) groups excluding carboxylic acids is 2. The number of aromatic nitrogens is 2. The van der Waals surface area contributed by atoms with Gasteiger partial charge >= 0.3 is 0 Å². The first-order chi connectivity index (χ1) is 16.4. The number of halogens is 1. The molecular formula is C25H24ClN5O3. The van der Waals surface area contributed by atoms with E-state index in [9.17, 15) is 9.59 Å². The van der Waals surface area contributed by atoms with Crippen molar-refractivity contribution in [3.05, 3.63) is 71.4 Å².